The Bertz CT molecular complexity index is 657. The fourth-order valence-corrected chi connectivity index (χ4v) is 4.55. The molecule has 4 rings (SSSR count). The number of carbonyl (C=O) groups is 1. The number of piperidine rings is 1. The highest BCUT2D eigenvalue weighted by atomic mass is 32.1. The highest BCUT2D eigenvalue weighted by Gasteiger charge is 2.57. The average Bonchev–Trinajstić information content (AvgIpc) is 3.20. The highest BCUT2D eigenvalue weighted by Crippen LogP contribution is 2.43. The molecular weight excluding hydrogens is 345 g/mol. The molecule has 1 aromatic rings. The Balaban J connectivity index is 1.46. The largest absolute Gasteiger partial charge is 0.445 e. The first-order valence-corrected chi connectivity index (χ1v) is 8.78. The van der Waals surface area contributed by atoms with Crippen LogP contribution in [0, 0.1) is 0 Å². The summed E-state index contributed by atoms with van der Waals surface area (Å²) in [6.07, 6.45) is -1.89. The quantitative estimate of drug-likeness (QED) is 0.767. The smallest absolute Gasteiger partial charge is 0.346 e. The van der Waals surface area contributed by atoms with Crippen molar-refractivity contribution in [1.82, 2.24) is 15.1 Å². The van der Waals surface area contributed by atoms with Crippen LogP contribution in [0.25, 0.3) is 0 Å². The third-order valence-corrected chi connectivity index (χ3v) is 6.13. The maximum Gasteiger partial charge on any atom is 0.445 e. The van der Waals surface area contributed by atoms with Gasteiger partial charge in [-0.15, -0.1) is 10.2 Å². The van der Waals surface area contributed by atoms with Crippen LogP contribution in [0.4, 0.5) is 18.3 Å². The van der Waals surface area contributed by atoms with Crippen molar-refractivity contribution >= 4 is 22.4 Å². The van der Waals surface area contributed by atoms with Crippen molar-refractivity contribution in [3.63, 3.8) is 0 Å². The van der Waals surface area contributed by atoms with E-state index >= 15 is 0 Å². The molecule has 6 nitrogen and oxygen atoms in total. The van der Waals surface area contributed by atoms with Crippen LogP contribution >= 0.6 is 11.3 Å². The number of rotatable bonds is 1. The van der Waals surface area contributed by atoms with Crippen LogP contribution in [0.3, 0.4) is 0 Å². The molecule has 0 radical (unpaired) electrons. The number of hydrogen-bond acceptors (Lipinski definition) is 6. The summed E-state index contributed by atoms with van der Waals surface area (Å²) in [5.74, 6) is 0.0328. The molecule has 1 aromatic heterocycles. The normalized spacial score (nSPS) is 29.6. The minimum atomic E-state index is -4.47. The number of alkyl halides is 3. The van der Waals surface area contributed by atoms with Gasteiger partial charge in [-0.25, -0.2) is 0 Å². The molecule has 3 fully saturated rings. The Labute approximate surface area is 140 Å². The van der Waals surface area contributed by atoms with Crippen molar-refractivity contribution in [2.45, 2.75) is 56.7 Å². The molecule has 4 heterocycles. The number of aromatic nitrogens is 2. The summed E-state index contributed by atoms with van der Waals surface area (Å²) in [5, 5.41) is 6.17. The molecule has 2 atom stereocenters. The first-order valence-electron chi connectivity index (χ1n) is 7.96. The van der Waals surface area contributed by atoms with Gasteiger partial charge in [-0.1, -0.05) is 11.3 Å². The lowest BCUT2D eigenvalue weighted by Gasteiger charge is -2.37. The fourth-order valence-electron chi connectivity index (χ4n) is 3.79. The Morgan fingerprint density at radius 1 is 1.25 bits per heavy atom. The molecule has 24 heavy (non-hydrogen) atoms. The summed E-state index contributed by atoms with van der Waals surface area (Å²) in [7, 11) is 0. The van der Waals surface area contributed by atoms with Gasteiger partial charge in [-0.3, -0.25) is 4.79 Å². The fraction of sp³-hybridized carbons (Fsp3) is 0.786. The van der Waals surface area contributed by atoms with E-state index in [1.807, 2.05) is 11.8 Å². The first kappa shape index (κ1) is 16.1. The van der Waals surface area contributed by atoms with Gasteiger partial charge >= 0.3 is 6.18 Å². The average molecular weight is 362 g/mol. The van der Waals surface area contributed by atoms with Crippen molar-refractivity contribution < 1.29 is 22.7 Å². The molecule has 3 aliphatic rings. The first-order chi connectivity index (χ1) is 11.3. The van der Waals surface area contributed by atoms with Crippen LogP contribution in [-0.4, -0.2) is 52.0 Å². The SMILES string of the molecule is C[C@@H]1CC[C@H]2OC3(CCN(c4nnc(C(F)(F)F)s4)CC3)C(=O)N12. The lowest BCUT2D eigenvalue weighted by atomic mass is 9.90. The summed E-state index contributed by atoms with van der Waals surface area (Å²) < 4.78 is 44.0. The molecular formula is C14H17F3N4O2S. The summed E-state index contributed by atoms with van der Waals surface area (Å²) >= 11 is 0.538. The summed E-state index contributed by atoms with van der Waals surface area (Å²) in [6, 6.07) is 0.192. The van der Waals surface area contributed by atoms with E-state index in [0.29, 0.717) is 37.3 Å². The molecule has 0 aromatic carbocycles. The van der Waals surface area contributed by atoms with Crippen LogP contribution in [0.2, 0.25) is 0 Å². The zero-order valence-electron chi connectivity index (χ0n) is 13.0. The van der Waals surface area contributed by atoms with Gasteiger partial charge in [0, 0.05) is 32.0 Å². The van der Waals surface area contributed by atoms with E-state index in [1.165, 1.54) is 0 Å². The molecule has 0 bridgehead atoms. The van der Waals surface area contributed by atoms with E-state index in [9.17, 15) is 18.0 Å². The van der Waals surface area contributed by atoms with Crippen LogP contribution in [0.5, 0.6) is 0 Å². The standard InChI is InChI=1S/C14H17F3N4O2S/c1-8-2-3-9-21(8)11(22)13(23-9)4-6-20(7-5-13)12-19-18-10(24-12)14(15,16)17/h8-9H,2-7H2,1H3/t8-,9-/m1/s1. The van der Waals surface area contributed by atoms with Crippen LogP contribution in [0.15, 0.2) is 0 Å². The minimum absolute atomic E-state index is 0.0328. The van der Waals surface area contributed by atoms with Gasteiger partial charge in [-0.05, 0) is 19.8 Å². The predicted molar refractivity (Wildman–Crippen MR) is 79.5 cm³/mol. The van der Waals surface area contributed by atoms with Gasteiger partial charge in [0.15, 0.2) is 5.60 Å². The van der Waals surface area contributed by atoms with Gasteiger partial charge in [-0.2, -0.15) is 13.2 Å². The predicted octanol–water partition coefficient (Wildman–Crippen LogP) is 2.26. The zero-order chi connectivity index (χ0) is 17.1. The van der Waals surface area contributed by atoms with Crippen molar-refractivity contribution in [3.05, 3.63) is 5.01 Å². The molecule has 132 valence electrons. The lowest BCUT2D eigenvalue weighted by molar-refractivity contribution is -0.140. The monoisotopic (exact) mass is 362 g/mol. The number of amides is 1. The molecule has 3 saturated heterocycles. The van der Waals surface area contributed by atoms with Gasteiger partial charge in [0.05, 0.1) is 0 Å². The molecule has 0 N–H and O–H groups in total. The number of anilines is 1. The summed E-state index contributed by atoms with van der Waals surface area (Å²) in [5.41, 5.74) is -0.812. The molecule has 0 saturated carbocycles. The molecule has 0 aliphatic carbocycles. The maximum atomic E-state index is 12.8. The van der Waals surface area contributed by atoms with Crippen LogP contribution in [-0.2, 0) is 15.7 Å². The molecule has 1 amide bonds. The molecule has 3 aliphatic heterocycles. The van der Waals surface area contributed by atoms with E-state index in [1.54, 1.807) is 4.90 Å². The number of fused-ring (bicyclic) bond motifs is 1. The van der Waals surface area contributed by atoms with E-state index in [2.05, 4.69) is 10.2 Å². The van der Waals surface area contributed by atoms with E-state index in [-0.39, 0.29) is 23.3 Å². The Morgan fingerprint density at radius 2 is 1.96 bits per heavy atom. The molecule has 1 spiro atoms. The summed E-state index contributed by atoms with van der Waals surface area (Å²) in [6.45, 7) is 2.90. The van der Waals surface area contributed by atoms with Crippen LogP contribution in [0.1, 0.15) is 37.6 Å². The van der Waals surface area contributed by atoms with Gasteiger partial charge in [0.2, 0.25) is 10.1 Å². The van der Waals surface area contributed by atoms with E-state index in [0.717, 1.165) is 12.8 Å². The number of nitrogens with zero attached hydrogens (tertiary/aromatic N) is 4. The zero-order valence-corrected chi connectivity index (χ0v) is 13.9. The third kappa shape index (κ3) is 2.38. The second-order valence-electron chi connectivity index (χ2n) is 6.58. The number of carbonyl (C=O) groups excluding carboxylic acids is 1. The van der Waals surface area contributed by atoms with Crippen molar-refractivity contribution in [1.29, 1.82) is 0 Å². The Morgan fingerprint density at radius 3 is 2.54 bits per heavy atom. The number of hydrogen-bond donors (Lipinski definition) is 0. The van der Waals surface area contributed by atoms with E-state index < -0.39 is 16.8 Å². The Hall–Kier alpha value is -1.42. The highest BCUT2D eigenvalue weighted by molar-refractivity contribution is 7.15. The molecule has 0 unspecified atom stereocenters. The topological polar surface area (TPSA) is 58.6 Å². The van der Waals surface area contributed by atoms with Crippen molar-refractivity contribution in [3.8, 4) is 0 Å². The second kappa shape index (κ2) is 5.29. The lowest BCUT2D eigenvalue weighted by Crippen LogP contribution is -2.51. The van der Waals surface area contributed by atoms with E-state index in [4.69, 9.17) is 4.74 Å². The van der Waals surface area contributed by atoms with Crippen LogP contribution < -0.4 is 4.90 Å². The van der Waals surface area contributed by atoms with Crippen molar-refractivity contribution in [2.75, 3.05) is 18.0 Å². The minimum Gasteiger partial charge on any atom is -0.346 e. The molecule has 10 heteroatoms. The van der Waals surface area contributed by atoms with Gasteiger partial charge < -0.3 is 14.5 Å². The van der Waals surface area contributed by atoms with Gasteiger partial charge in [0.25, 0.3) is 5.91 Å². The van der Waals surface area contributed by atoms with Crippen molar-refractivity contribution in [2.24, 2.45) is 0 Å². The Kier molecular flexibility index (Phi) is 3.54. The maximum absolute atomic E-state index is 12.8. The van der Waals surface area contributed by atoms with Gasteiger partial charge in [0.1, 0.15) is 6.23 Å². The summed E-state index contributed by atoms with van der Waals surface area (Å²) in [4.78, 5) is 16.3. The number of halogens is 3. The second-order valence-corrected chi connectivity index (χ2v) is 7.54. The third-order valence-electron chi connectivity index (χ3n) is 5.10. The number of ether oxygens (including phenoxy) is 1.